The fourth-order valence-corrected chi connectivity index (χ4v) is 2.60. The van der Waals surface area contributed by atoms with E-state index in [2.05, 4.69) is 6.92 Å². The van der Waals surface area contributed by atoms with Gasteiger partial charge in [-0.1, -0.05) is 18.5 Å². The third-order valence-electron chi connectivity index (χ3n) is 2.98. The highest BCUT2D eigenvalue weighted by Crippen LogP contribution is 2.40. The summed E-state index contributed by atoms with van der Waals surface area (Å²) in [6.45, 7) is 2.10. The minimum absolute atomic E-state index is 0.301. The summed E-state index contributed by atoms with van der Waals surface area (Å²) in [7, 11) is 0. The Morgan fingerprint density at radius 2 is 2.20 bits per heavy atom. The summed E-state index contributed by atoms with van der Waals surface area (Å²) in [5, 5.41) is 10.6. The maximum absolute atomic E-state index is 13.0. The van der Waals surface area contributed by atoms with Crippen molar-refractivity contribution in [2.24, 2.45) is 5.92 Å². The molecule has 0 amide bonds. The molecule has 1 aliphatic carbocycles. The Balaban J connectivity index is 2.14. The van der Waals surface area contributed by atoms with Crippen molar-refractivity contribution < 1.29 is 9.50 Å². The van der Waals surface area contributed by atoms with Gasteiger partial charge in [0, 0.05) is 11.4 Å². The van der Waals surface area contributed by atoms with Crippen LogP contribution >= 0.6 is 11.6 Å². The molecule has 0 saturated heterocycles. The summed E-state index contributed by atoms with van der Waals surface area (Å²) in [6.07, 6.45) is 2.01. The molecule has 0 spiro atoms. The topological polar surface area (TPSA) is 20.2 Å². The maximum Gasteiger partial charge on any atom is 0.123 e. The second kappa shape index (κ2) is 3.76. The Labute approximate surface area is 93.9 Å². The third kappa shape index (κ3) is 2.32. The first-order chi connectivity index (χ1) is 6.98. The molecular weight excluding hydrogens is 215 g/mol. The van der Waals surface area contributed by atoms with Crippen LogP contribution in [0.1, 0.15) is 25.3 Å². The lowest BCUT2D eigenvalue weighted by Gasteiger charge is -2.42. The summed E-state index contributed by atoms with van der Waals surface area (Å²) in [4.78, 5) is 0. The van der Waals surface area contributed by atoms with E-state index in [0.717, 1.165) is 12.8 Å². The van der Waals surface area contributed by atoms with Crippen LogP contribution in [0.3, 0.4) is 0 Å². The van der Waals surface area contributed by atoms with E-state index >= 15 is 0 Å². The monoisotopic (exact) mass is 228 g/mol. The van der Waals surface area contributed by atoms with Gasteiger partial charge in [-0.25, -0.2) is 4.39 Å². The first kappa shape index (κ1) is 10.9. The van der Waals surface area contributed by atoms with E-state index in [9.17, 15) is 9.50 Å². The van der Waals surface area contributed by atoms with Crippen molar-refractivity contribution in [1.29, 1.82) is 0 Å². The van der Waals surface area contributed by atoms with Crippen LogP contribution in [-0.4, -0.2) is 10.7 Å². The summed E-state index contributed by atoms with van der Waals surface area (Å²) in [5.74, 6) is 0.257. The van der Waals surface area contributed by atoms with Crippen LogP contribution in [0.5, 0.6) is 0 Å². The van der Waals surface area contributed by atoms with Crippen LogP contribution in [-0.2, 0) is 6.42 Å². The van der Waals surface area contributed by atoms with E-state index in [-0.39, 0.29) is 5.82 Å². The fourth-order valence-electron chi connectivity index (χ4n) is 2.42. The van der Waals surface area contributed by atoms with Crippen LogP contribution in [0.25, 0.3) is 0 Å². The molecule has 1 fully saturated rings. The van der Waals surface area contributed by atoms with Gasteiger partial charge in [0.05, 0.1) is 5.60 Å². The first-order valence-corrected chi connectivity index (χ1v) is 5.53. The Morgan fingerprint density at radius 1 is 1.53 bits per heavy atom. The molecule has 1 nitrogen and oxygen atoms in total. The van der Waals surface area contributed by atoms with E-state index in [1.807, 2.05) is 0 Å². The molecule has 1 aromatic rings. The zero-order valence-corrected chi connectivity index (χ0v) is 9.39. The Bertz CT molecular complexity index is 372. The summed E-state index contributed by atoms with van der Waals surface area (Å²) < 4.78 is 13.0. The normalized spacial score (nSPS) is 30.0. The summed E-state index contributed by atoms with van der Waals surface area (Å²) >= 11 is 5.94. The minimum Gasteiger partial charge on any atom is -0.390 e. The molecule has 0 atom stereocenters. The van der Waals surface area contributed by atoms with E-state index in [4.69, 9.17) is 11.6 Å². The highest BCUT2D eigenvalue weighted by Gasteiger charge is 2.40. The van der Waals surface area contributed by atoms with E-state index < -0.39 is 5.60 Å². The van der Waals surface area contributed by atoms with Crippen molar-refractivity contribution in [3.63, 3.8) is 0 Å². The van der Waals surface area contributed by atoms with E-state index in [1.165, 1.54) is 18.2 Å². The van der Waals surface area contributed by atoms with Crippen molar-refractivity contribution in [2.75, 3.05) is 0 Å². The van der Waals surface area contributed by atoms with Crippen LogP contribution in [0.15, 0.2) is 18.2 Å². The minimum atomic E-state index is -0.670. The molecule has 0 bridgehead atoms. The van der Waals surface area contributed by atoms with Gasteiger partial charge in [0.15, 0.2) is 0 Å². The molecule has 1 saturated carbocycles. The molecule has 1 aromatic carbocycles. The van der Waals surface area contributed by atoms with Crippen molar-refractivity contribution in [1.82, 2.24) is 0 Å². The van der Waals surface area contributed by atoms with Gasteiger partial charge in [-0.3, -0.25) is 0 Å². The van der Waals surface area contributed by atoms with Crippen molar-refractivity contribution in [3.05, 3.63) is 34.6 Å². The number of hydrogen-bond acceptors (Lipinski definition) is 1. The first-order valence-electron chi connectivity index (χ1n) is 5.15. The summed E-state index contributed by atoms with van der Waals surface area (Å²) in [6, 6.07) is 4.28. The molecule has 3 heteroatoms. The quantitative estimate of drug-likeness (QED) is 0.824. The van der Waals surface area contributed by atoms with Crippen molar-refractivity contribution in [2.45, 2.75) is 31.8 Å². The molecule has 0 unspecified atom stereocenters. The van der Waals surface area contributed by atoms with Gasteiger partial charge in [-0.05, 0) is 42.5 Å². The lowest BCUT2D eigenvalue weighted by atomic mass is 9.69. The maximum atomic E-state index is 13.0. The Morgan fingerprint density at radius 3 is 2.80 bits per heavy atom. The Kier molecular flexibility index (Phi) is 2.73. The molecule has 0 aromatic heterocycles. The number of rotatable bonds is 2. The smallest absolute Gasteiger partial charge is 0.123 e. The number of aliphatic hydroxyl groups is 1. The molecule has 82 valence electrons. The number of halogens is 2. The molecule has 0 radical (unpaired) electrons. The van der Waals surface area contributed by atoms with Gasteiger partial charge in [0.1, 0.15) is 5.82 Å². The molecule has 0 aliphatic heterocycles. The number of hydrogen-bond donors (Lipinski definition) is 1. The van der Waals surface area contributed by atoms with Gasteiger partial charge in [-0.15, -0.1) is 0 Å². The Hall–Kier alpha value is -0.600. The van der Waals surface area contributed by atoms with Crippen LogP contribution in [0, 0.1) is 11.7 Å². The lowest BCUT2D eigenvalue weighted by Crippen LogP contribution is -2.44. The van der Waals surface area contributed by atoms with E-state index in [0.29, 0.717) is 22.9 Å². The number of benzene rings is 1. The van der Waals surface area contributed by atoms with Crippen LogP contribution in [0.2, 0.25) is 5.02 Å². The zero-order chi connectivity index (χ0) is 11.1. The third-order valence-corrected chi connectivity index (χ3v) is 3.35. The molecule has 0 heterocycles. The van der Waals surface area contributed by atoms with Crippen LogP contribution in [0.4, 0.5) is 4.39 Å². The summed E-state index contributed by atoms with van der Waals surface area (Å²) in [5.41, 5.74) is 0.0303. The largest absolute Gasteiger partial charge is 0.390 e. The van der Waals surface area contributed by atoms with Gasteiger partial charge < -0.3 is 5.11 Å². The van der Waals surface area contributed by atoms with Gasteiger partial charge in [0.2, 0.25) is 0 Å². The fraction of sp³-hybridized carbons (Fsp3) is 0.500. The average Bonchev–Trinajstić information content (AvgIpc) is 2.09. The molecule has 15 heavy (non-hydrogen) atoms. The second-order valence-electron chi connectivity index (χ2n) is 4.65. The van der Waals surface area contributed by atoms with Gasteiger partial charge >= 0.3 is 0 Å². The highest BCUT2D eigenvalue weighted by molar-refractivity contribution is 6.31. The van der Waals surface area contributed by atoms with Crippen molar-refractivity contribution in [3.8, 4) is 0 Å². The standard InChI is InChI=1S/C12H14ClFO/c1-8-5-12(15,6-8)7-9-4-10(14)2-3-11(9)13/h2-4,8,15H,5-7H2,1H3. The second-order valence-corrected chi connectivity index (χ2v) is 5.06. The molecule has 2 rings (SSSR count). The zero-order valence-electron chi connectivity index (χ0n) is 8.63. The predicted molar refractivity (Wildman–Crippen MR) is 58.5 cm³/mol. The van der Waals surface area contributed by atoms with E-state index in [1.54, 1.807) is 0 Å². The van der Waals surface area contributed by atoms with Crippen LogP contribution < -0.4 is 0 Å². The molecular formula is C12H14ClFO. The highest BCUT2D eigenvalue weighted by atomic mass is 35.5. The lowest BCUT2D eigenvalue weighted by molar-refractivity contribution is -0.0666. The average molecular weight is 229 g/mol. The van der Waals surface area contributed by atoms with Gasteiger partial charge in [-0.2, -0.15) is 0 Å². The molecule has 1 aliphatic rings. The van der Waals surface area contributed by atoms with Crippen molar-refractivity contribution >= 4 is 11.6 Å². The SMILES string of the molecule is CC1CC(O)(Cc2cc(F)ccc2Cl)C1. The predicted octanol–water partition coefficient (Wildman–Crippen LogP) is 3.18. The van der Waals surface area contributed by atoms with Gasteiger partial charge in [0.25, 0.3) is 0 Å². The molecule has 1 N–H and O–H groups in total.